The van der Waals surface area contributed by atoms with E-state index in [9.17, 15) is 22.8 Å². The third-order valence-electron chi connectivity index (χ3n) is 6.00. The highest BCUT2D eigenvalue weighted by Crippen LogP contribution is 2.30. The van der Waals surface area contributed by atoms with Gasteiger partial charge >= 0.3 is 6.09 Å². The Morgan fingerprint density at radius 2 is 1.67 bits per heavy atom. The van der Waals surface area contributed by atoms with Gasteiger partial charge in [-0.25, -0.2) is 17.2 Å². The van der Waals surface area contributed by atoms with Crippen molar-refractivity contribution in [1.29, 1.82) is 0 Å². The number of nitrogens with one attached hydrogen (secondary N) is 2. The normalized spacial score (nSPS) is 13.5. The molecular formula is C29H31N3O6S. The lowest BCUT2D eigenvalue weighted by Crippen LogP contribution is -2.33. The molecule has 0 aliphatic heterocycles. The van der Waals surface area contributed by atoms with Gasteiger partial charge in [-0.3, -0.25) is 9.59 Å². The van der Waals surface area contributed by atoms with E-state index in [1.807, 2.05) is 37.3 Å². The van der Waals surface area contributed by atoms with E-state index in [2.05, 4.69) is 10.6 Å². The molecular weight excluding hydrogens is 518 g/mol. The number of benzene rings is 2. The van der Waals surface area contributed by atoms with Crippen molar-refractivity contribution >= 4 is 27.7 Å². The van der Waals surface area contributed by atoms with Crippen LogP contribution in [-0.2, 0) is 27.7 Å². The Kier molecular flexibility index (Phi) is 7.78. The highest BCUT2D eigenvalue weighted by Gasteiger charge is 2.36. The van der Waals surface area contributed by atoms with Crippen molar-refractivity contribution in [2.45, 2.75) is 51.2 Å². The number of rotatable bonds is 8. The van der Waals surface area contributed by atoms with Gasteiger partial charge in [0.2, 0.25) is 5.78 Å². The predicted octanol–water partition coefficient (Wildman–Crippen LogP) is 4.15. The summed E-state index contributed by atoms with van der Waals surface area (Å²) in [5.74, 6) is -1.10. The molecule has 9 nitrogen and oxygen atoms in total. The summed E-state index contributed by atoms with van der Waals surface area (Å²) in [7, 11) is -4.21. The summed E-state index contributed by atoms with van der Waals surface area (Å²) < 4.78 is 33.5. The molecule has 0 fully saturated rings. The molecule has 0 saturated heterocycles. The molecule has 1 amide bonds. The van der Waals surface area contributed by atoms with Crippen LogP contribution in [0.4, 0.5) is 4.79 Å². The number of hydrogen-bond acceptors (Lipinski definition) is 7. The highest BCUT2D eigenvalue weighted by atomic mass is 32.2. The largest absolute Gasteiger partial charge is 0.444 e. The first kappa shape index (κ1) is 27.8. The van der Waals surface area contributed by atoms with Gasteiger partial charge in [-0.05, 0) is 57.4 Å². The van der Waals surface area contributed by atoms with Gasteiger partial charge in [-0.15, -0.1) is 0 Å². The third-order valence-corrected chi connectivity index (χ3v) is 7.67. The summed E-state index contributed by atoms with van der Waals surface area (Å²) in [4.78, 5) is 39.0. The van der Waals surface area contributed by atoms with Crippen LogP contribution in [0.5, 0.6) is 0 Å². The molecule has 10 heteroatoms. The molecule has 0 radical (unpaired) electrons. The second-order valence-corrected chi connectivity index (χ2v) is 12.1. The molecule has 1 aliphatic rings. The maximum Gasteiger partial charge on any atom is 0.407 e. The van der Waals surface area contributed by atoms with E-state index >= 15 is 0 Å². The summed E-state index contributed by atoms with van der Waals surface area (Å²) in [5.41, 5.74) is 1.19. The van der Waals surface area contributed by atoms with E-state index < -0.39 is 33.3 Å². The average Bonchev–Trinajstić information content (AvgIpc) is 3.26. The molecule has 4 rings (SSSR count). The second-order valence-electron chi connectivity index (χ2n) is 10.3. The van der Waals surface area contributed by atoms with Gasteiger partial charge < -0.3 is 15.4 Å². The quantitative estimate of drug-likeness (QED) is 0.433. The minimum Gasteiger partial charge on any atom is -0.444 e. The van der Waals surface area contributed by atoms with Crippen LogP contribution in [0, 0.1) is 6.92 Å². The van der Waals surface area contributed by atoms with Gasteiger partial charge in [-0.2, -0.15) is 0 Å². The van der Waals surface area contributed by atoms with Gasteiger partial charge in [0.15, 0.2) is 5.78 Å². The Morgan fingerprint density at radius 3 is 2.31 bits per heavy atom. The lowest BCUT2D eigenvalue weighted by atomic mass is 9.95. The Labute approximate surface area is 227 Å². The first-order valence-electron chi connectivity index (χ1n) is 12.5. The molecule has 0 spiro atoms. The van der Waals surface area contributed by atoms with E-state index in [1.165, 1.54) is 24.4 Å². The molecule has 2 N–H and O–H groups in total. The van der Waals surface area contributed by atoms with Crippen LogP contribution >= 0.6 is 0 Å². The smallest absolute Gasteiger partial charge is 0.407 e. The van der Waals surface area contributed by atoms with Crippen molar-refractivity contribution in [2.24, 2.45) is 0 Å². The molecule has 204 valence electrons. The molecule has 0 atom stereocenters. The van der Waals surface area contributed by atoms with Crippen LogP contribution < -0.4 is 10.6 Å². The Balaban J connectivity index is 1.69. The lowest BCUT2D eigenvalue weighted by Gasteiger charge is -2.19. The van der Waals surface area contributed by atoms with Crippen LogP contribution in [0.25, 0.3) is 0 Å². The number of amides is 1. The first-order chi connectivity index (χ1) is 18.4. The molecule has 2 aromatic carbocycles. The van der Waals surface area contributed by atoms with Crippen LogP contribution in [-0.4, -0.2) is 42.2 Å². The minimum atomic E-state index is -4.21. The van der Waals surface area contributed by atoms with E-state index in [1.54, 1.807) is 32.9 Å². The monoisotopic (exact) mass is 549 g/mol. The van der Waals surface area contributed by atoms with Crippen molar-refractivity contribution in [1.82, 2.24) is 14.6 Å². The summed E-state index contributed by atoms with van der Waals surface area (Å²) in [5, 5.41) is 5.59. The highest BCUT2D eigenvalue weighted by molar-refractivity contribution is 7.90. The lowest BCUT2D eigenvalue weighted by molar-refractivity contribution is 0.0528. The van der Waals surface area contributed by atoms with Gasteiger partial charge in [0.05, 0.1) is 16.2 Å². The van der Waals surface area contributed by atoms with E-state index in [0.29, 0.717) is 5.56 Å². The van der Waals surface area contributed by atoms with Crippen LogP contribution in [0.15, 0.2) is 77.5 Å². The number of ketones is 2. The minimum absolute atomic E-state index is 0.00642. The molecule has 3 aromatic rings. The maximum absolute atomic E-state index is 13.7. The van der Waals surface area contributed by atoms with Crippen molar-refractivity contribution < 1.29 is 27.5 Å². The van der Waals surface area contributed by atoms with Gasteiger partial charge in [0.1, 0.15) is 11.3 Å². The molecule has 0 unspecified atom stereocenters. The van der Waals surface area contributed by atoms with E-state index in [4.69, 9.17) is 4.74 Å². The fraction of sp³-hybridized carbons (Fsp3) is 0.276. The number of allylic oxidation sites excluding steroid dienone is 2. The number of ether oxygens (including phenoxy) is 1. The number of alkyl carbamates (subject to hydrolysis) is 1. The summed E-state index contributed by atoms with van der Waals surface area (Å²) in [6, 6.07) is 15.6. The summed E-state index contributed by atoms with van der Waals surface area (Å²) in [6.45, 7) is 7.39. The average molecular weight is 550 g/mol. The number of carbonyl (C=O) groups excluding carboxylic acids is 3. The van der Waals surface area contributed by atoms with Gasteiger partial charge in [-0.1, -0.05) is 48.0 Å². The molecule has 39 heavy (non-hydrogen) atoms. The van der Waals surface area contributed by atoms with E-state index in [0.717, 1.165) is 15.1 Å². The number of aromatic nitrogens is 1. The topological polar surface area (TPSA) is 124 Å². The van der Waals surface area contributed by atoms with Crippen molar-refractivity contribution in [3.05, 3.63) is 101 Å². The molecule has 0 bridgehead atoms. The number of hydrogen-bond donors (Lipinski definition) is 2. The standard InChI is InChI=1S/C29H31N3O6S/c1-19-10-12-22(13-11-19)39(36,37)32-18-21(14-15-30-28(35)38-29(2,3)4)25-24(33)16-23(27(34)26(25)32)31-17-20-8-6-5-7-9-20/h5-13,16,18,31H,14-15,17H2,1-4H3,(H,30,35). The Bertz CT molecular complexity index is 1550. The fourth-order valence-corrected chi connectivity index (χ4v) is 5.55. The Morgan fingerprint density at radius 1 is 1.00 bits per heavy atom. The predicted molar refractivity (Wildman–Crippen MR) is 146 cm³/mol. The van der Waals surface area contributed by atoms with Crippen molar-refractivity contribution in [3.8, 4) is 0 Å². The van der Waals surface area contributed by atoms with E-state index in [-0.39, 0.29) is 41.4 Å². The number of nitrogens with zero attached hydrogens (tertiary/aromatic N) is 1. The van der Waals surface area contributed by atoms with Crippen LogP contribution in [0.2, 0.25) is 0 Å². The molecule has 1 aliphatic carbocycles. The Hall–Kier alpha value is -4.18. The molecule has 1 heterocycles. The van der Waals surface area contributed by atoms with Crippen molar-refractivity contribution in [3.63, 3.8) is 0 Å². The summed E-state index contributed by atoms with van der Waals surface area (Å²) in [6.07, 6.45) is 1.96. The fourth-order valence-electron chi connectivity index (χ4n) is 4.16. The van der Waals surface area contributed by atoms with Gasteiger partial charge in [0.25, 0.3) is 10.0 Å². The molecule has 0 saturated carbocycles. The number of carbonyl (C=O) groups is 3. The summed E-state index contributed by atoms with van der Waals surface area (Å²) >= 11 is 0. The zero-order valence-corrected chi connectivity index (χ0v) is 23.1. The number of aryl methyl sites for hydroxylation is 1. The van der Waals surface area contributed by atoms with Crippen LogP contribution in [0.1, 0.15) is 58.3 Å². The van der Waals surface area contributed by atoms with Gasteiger partial charge in [0, 0.05) is 25.4 Å². The zero-order valence-electron chi connectivity index (χ0n) is 22.3. The second kappa shape index (κ2) is 10.9. The molecule has 1 aromatic heterocycles. The van der Waals surface area contributed by atoms with Crippen LogP contribution in [0.3, 0.4) is 0 Å². The number of Topliss-reactive ketones (excluding diaryl/α,β-unsaturated/α-hetero) is 1. The number of fused-ring (bicyclic) bond motifs is 1. The SMILES string of the molecule is Cc1ccc(S(=O)(=O)n2cc(CCNC(=O)OC(C)(C)C)c3c2C(=O)C(NCc2ccccc2)=CC3=O)cc1. The third kappa shape index (κ3) is 6.28. The van der Waals surface area contributed by atoms with Crippen molar-refractivity contribution in [2.75, 3.05) is 6.54 Å². The zero-order chi connectivity index (χ0) is 28.4. The maximum atomic E-state index is 13.7. The first-order valence-corrected chi connectivity index (χ1v) is 13.9.